The first-order valence-corrected chi connectivity index (χ1v) is 5.98. The lowest BCUT2D eigenvalue weighted by molar-refractivity contribution is -0.146. The molecule has 1 atom stereocenters. The Morgan fingerprint density at radius 3 is 2.88 bits per heavy atom. The monoisotopic (exact) mass is 232 g/mol. The van der Waals surface area contributed by atoms with E-state index in [2.05, 4.69) is 0 Å². The highest BCUT2D eigenvalue weighted by Gasteiger charge is 2.29. The molecule has 0 amide bonds. The summed E-state index contributed by atoms with van der Waals surface area (Å²) in [6.45, 7) is 2.13. The van der Waals surface area contributed by atoms with Crippen LogP contribution in [-0.4, -0.2) is 18.4 Å². The molecule has 1 aromatic carbocycles. The van der Waals surface area contributed by atoms with Crippen LogP contribution in [0, 0.1) is 0 Å². The van der Waals surface area contributed by atoms with Crippen molar-refractivity contribution in [2.45, 2.75) is 32.1 Å². The van der Waals surface area contributed by atoms with Gasteiger partial charge in [-0.2, -0.15) is 0 Å². The third-order valence-electron chi connectivity index (χ3n) is 3.11. The van der Waals surface area contributed by atoms with Crippen LogP contribution in [0.3, 0.4) is 0 Å². The summed E-state index contributed by atoms with van der Waals surface area (Å²) in [4.78, 5) is 23.5. The first-order chi connectivity index (χ1) is 8.22. The van der Waals surface area contributed by atoms with Crippen molar-refractivity contribution in [1.29, 1.82) is 0 Å². The molecule has 0 radical (unpaired) electrons. The van der Waals surface area contributed by atoms with Crippen LogP contribution in [0.5, 0.6) is 0 Å². The van der Waals surface area contributed by atoms with Crippen LogP contribution in [0.4, 0.5) is 0 Å². The number of ketones is 1. The predicted octanol–water partition coefficient (Wildman–Crippen LogP) is 2.24. The molecule has 0 saturated carbocycles. The van der Waals surface area contributed by atoms with Gasteiger partial charge in [0.05, 0.1) is 12.5 Å². The van der Waals surface area contributed by atoms with E-state index in [1.807, 2.05) is 24.3 Å². The topological polar surface area (TPSA) is 43.4 Å². The molecular weight excluding hydrogens is 216 g/mol. The third-order valence-corrected chi connectivity index (χ3v) is 3.11. The first kappa shape index (κ1) is 11.8. The second kappa shape index (κ2) is 5.13. The molecule has 0 aromatic heterocycles. The molecule has 0 bridgehead atoms. The predicted molar refractivity (Wildman–Crippen MR) is 63.8 cm³/mol. The molecule has 2 rings (SSSR count). The minimum atomic E-state index is -0.416. The molecule has 0 aliphatic heterocycles. The van der Waals surface area contributed by atoms with E-state index in [1.165, 1.54) is 0 Å². The Morgan fingerprint density at radius 2 is 2.12 bits per heavy atom. The van der Waals surface area contributed by atoms with Gasteiger partial charge in [-0.05, 0) is 24.5 Å². The van der Waals surface area contributed by atoms with E-state index in [9.17, 15) is 9.59 Å². The van der Waals surface area contributed by atoms with Crippen molar-refractivity contribution >= 4 is 11.8 Å². The van der Waals surface area contributed by atoms with Crippen molar-refractivity contribution in [1.82, 2.24) is 0 Å². The van der Waals surface area contributed by atoms with Gasteiger partial charge in [-0.3, -0.25) is 9.59 Å². The standard InChI is InChI=1S/C14H16O3/c1-2-17-14(16)13-9-11(15)8-7-10-5-3-4-6-12(10)13/h3-6,13H,2,7-9H2,1H3. The Morgan fingerprint density at radius 1 is 1.35 bits per heavy atom. The number of hydrogen-bond acceptors (Lipinski definition) is 3. The Bertz CT molecular complexity index is 437. The van der Waals surface area contributed by atoms with Crippen LogP contribution >= 0.6 is 0 Å². The van der Waals surface area contributed by atoms with Gasteiger partial charge in [0.15, 0.2) is 0 Å². The van der Waals surface area contributed by atoms with Crippen LogP contribution < -0.4 is 0 Å². The van der Waals surface area contributed by atoms with Crippen molar-refractivity contribution in [3.05, 3.63) is 35.4 Å². The maximum Gasteiger partial charge on any atom is 0.313 e. The zero-order valence-electron chi connectivity index (χ0n) is 9.94. The smallest absolute Gasteiger partial charge is 0.313 e. The van der Waals surface area contributed by atoms with E-state index < -0.39 is 5.92 Å². The number of rotatable bonds is 2. The van der Waals surface area contributed by atoms with E-state index in [0.29, 0.717) is 13.0 Å². The highest BCUT2D eigenvalue weighted by Crippen LogP contribution is 2.29. The molecule has 0 spiro atoms. The SMILES string of the molecule is CCOC(=O)C1CC(=O)CCc2ccccc21. The number of esters is 1. The van der Waals surface area contributed by atoms with Crippen molar-refractivity contribution in [3.8, 4) is 0 Å². The highest BCUT2D eigenvalue weighted by atomic mass is 16.5. The number of aryl methyl sites for hydroxylation is 1. The summed E-state index contributed by atoms with van der Waals surface area (Å²) in [5.74, 6) is -0.560. The van der Waals surface area contributed by atoms with Crippen LogP contribution in [-0.2, 0) is 20.7 Å². The number of benzene rings is 1. The lowest BCUT2D eigenvalue weighted by Gasteiger charge is -2.15. The Kier molecular flexibility index (Phi) is 3.57. The fourth-order valence-electron chi connectivity index (χ4n) is 2.27. The minimum Gasteiger partial charge on any atom is -0.466 e. The molecule has 90 valence electrons. The zero-order valence-corrected chi connectivity index (χ0v) is 9.94. The van der Waals surface area contributed by atoms with Gasteiger partial charge in [-0.25, -0.2) is 0 Å². The Balaban J connectivity index is 2.35. The van der Waals surface area contributed by atoms with Gasteiger partial charge in [0.25, 0.3) is 0 Å². The number of fused-ring (bicyclic) bond motifs is 1. The van der Waals surface area contributed by atoms with Gasteiger partial charge in [-0.15, -0.1) is 0 Å². The van der Waals surface area contributed by atoms with E-state index >= 15 is 0 Å². The number of carbonyl (C=O) groups excluding carboxylic acids is 2. The second-order valence-corrected chi connectivity index (χ2v) is 4.25. The summed E-state index contributed by atoms with van der Waals surface area (Å²) in [5.41, 5.74) is 2.05. The summed E-state index contributed by atoms with van der Waals surface area (Å²) >= 11 is 0. The van der Waals surface area contributed by atoms with Gasteiger partial charge < -0.3 is 4.74 Å². The van der Waals surface area contributed by atoms with E-state index in [4.69, 9.17) is 4.74 Å². The van der Waals surface area contributed by atoms with E-state index in [0.717, 1.165) is 17.5 Å². The number of ether oxygens (including phenoxy) is 1. The lowest BCUT2D eigenvalue weighted by atomic mass is 9.92. The molecule has 0 saturated heterocycles. The van der Waals surface area contributed by atoms with Gasteiger partial charge in [0.2, 0.25) is 0 Å². The summed E-state index contributed by atoms with van der Waals surface area (Å²) in [6, 6.07) is 7.76. The van der Waals surface area contributed by atoms with E-state index in [-0.39, 0.29) is 18.2 Å². The molecular formula is C14H16O3. The summed E-state index contributed by atoms with van der Waals surface area (Å²) in [5, 5.41) is 0. The highest BCUT2D eigenvalue weighted by molar-refractivity contribution is 5.89. The second-order valence-electron chi connectivity index (χ2n) is 4.25. The summed E-state index contributed by atoms with van der Waals surface area (Å²) < 4.78 is 5.05. The third kappa shape index (κ3) is 2.54. The quantitative estimate of drug-likeness (QED) is 0.580. The lowest BCUT2D eigenvalue weighted by Crippen LogP contribution is -2.18. The maximum absolute atomic E-state index is 11.9. The minimum absolute atomic E-state index is 0.138. The number of carbonyl (C=O) groups is 2. The van der Waals surface area contributed by atoms with Gasteiger partial charge in [0.1, 0.15) is 5.78 Å². The van der Waals surface area contributed by atoms with Crippen LogP contribution in [0.15, 0.2) is 24.3 Å². The average molecular weight is 232 g/mol. The molecule has 0 heterocycles. The zero-order chi connectivity index (χ0) is 12.3. The normalized spacial score (nSPS) is 19.4. The average Bonchev–Trinajstić information content (AvgIpc) is 2.50. The van der Waals surface area contributed by atoms with Crippen molar-refractivity contribution in [2.75, 3.05) is 6.61 Å². The fourth-order valence-corrected chi connectivity index (χ4v) is 2.27. The van der Waals surface area contributed by atoms with Crippen molar-refractivity contribution < 1.29 is 14.3 Å². The van der Waals surface area contributed by atoms with Crippen LogP contribution in [0.25, 0.3) is 0 Å². The van der Waals surface area contributed by atoms with Crippen molar-refractivity contribution in [3.63, 3.8) is 0 Å². The molecule has 1 aliphatic rings. The van der Waals surface area contributed by atoms with Gasteiger partial charge in [-0.1, -0.05) is 24.3 Å². The van der Waals surface area contributed by atoms with Gasteiger partial charge >= 0.3 is 5.97 Å². The number of hydrogen-bond donors (Lipinski definition) is 0. The Hall–Kier alpha value is -1.64. The molecule has 0 fully saturated rings. The number of Topliss-reactive ketones (excluding diaryl/α,β-unsaturated/α-hetero) is 1. The maximum atomic E-state index is 11.9. The largest absolute Gasteiger partial charge is 0.466 e. The molecule has 1 aliphatic carbocycles. The Labute approximate surface area is 101 Å². The van der Waals surface area contributed by atoms with Crippen LogP contribution in [0.1, 0.15) is 36.8 Å². The van der Waals surface area contributed by atoms with Crippen LogP contribution in [0.2, 0.25) is 0 Å². The molecule has 1 aromatic rings. The van der Waals surface area contributed by atoms with E-state index in [1.54, 1.807) is 6.92 Å². The molecule has 1 unspecified atom stereocenters. The fraction of sp³-hybridized carbons (Fsp3) is 0.429. The molecule has 3 nitrogen and oxygen atoms in total. The summed E-state index contributed by atoms with van der Waals surface area (Å²) in [7, 11) is 0. The summed E-state index contributed by atoms with van der Waals surface area (Å²) in [6.07, 6.45) is 1.52. The molecule has 17 heavy (non-hydrogen) atoms. The first-order valence-electron chi connectivity index (χ1n) is 5.98. The van der Waals surface area contributed by atoms with Crippen molar-refractivity contribution in [2.24, 2.45) is 0 Å². The molecule has 3 heteroatoms. The van der Waals surface area contributed by atoms with Gasteiger partial charge in [0, 0.05) is 12.8 Å². The molecule has 0 N–H and O–H groups in total.